The van der Waals surface area contributed by atoms with Crippen LogP contribution in [0.1, 0.15) is 23.1 Å². The fourth-order valence-electron chi connectivity index (χ4n) is 3.27. The van der Waals surface area contributed by atoms with Gasteiger partial charge in [0.15, 0.2) is 0 Å². The van der Waals surface area contributed by atoms with Crippen LogP contribution in [-0.4, -0.2) is 34.3 Å². The average Bonchev–Trinajstić information content (AvgIpc) is 3.11. The Morgan fingerprint density at radius 3 is 2.71 bits per heavy atom. The number of oxime groups is 1. The molecular formula is C19H18N2O3. The molecule has 0 aliphatic carbocycles. The first kappa shape index (κ1) is 14.8. The molecule has 0 fully saturated rings. The van der Waals surface area contributed by atoms with Gasteiger partial charge in [-0.25, -0.2) is 0 Å². The zero-order valence-corrected chi connectivity index (χ0v) is 13.2. The van der Waals surface area contributed by atoms with Crippen molar-refractivity contribution in [1.82, 2.24) is 4.90 Å². The van der Waals surface area contributed by atoms with E-state index in [4.69, 9.17) is 4.84 Å². The molecule has 0 aromatic heterocycles. The molecule has 2 aromatic carbocycles. The minimum absolute atomic E-state index is 0.0429. The van der Waals surface area contributed by atoms with Crippen molar-refractivity contribution >= 4 is 11.6 Å². The summed E-state index contributed by atoms with van der Waals surface area (Å²) in [6, 6.07) is 15.2. The Labute approximate surface area is 140 Å². The highest BCUT2D eigenvalue weighted by molar-refractivity contribution is 6.05. The number of carbonyl (C=O) groups excluding carboxylic acids is 1. The fraction of sp³-hybridized carbons (Fsp3) is 0.263. The van der Waals surface area contributed by atoms with Crippen molar-refractivity contribution in [3.05, 3.63) is 65.2 Å². The minimum atomic E-state index is -0.607. The molecule has 0 unspecified atom stereocenters. The van der Waals surface area contributed by atoms with Gasteiger partial charge in [-0.2, -0.15) is 0 Å². The number of hydrogen-bond donors (Lipinski definition) is 1. The molecule has 4 rings (SSSR count). The predicted molar refractivity (Wildman–Crippen MR) is 89.7 cm³/mol. The number of hydrogen-bond acceptors (Lipinski definition) is 4. The lowest BCUT2D eigenvalue weighted by molar-refractivity contribution is -0.143. The molecule has 0 saturated carbocycles. The van der Waals surface area contributed by atoms with Crippen LogP contribution in [0.2, 0.25) is 0 Å². The normalized spacial score (nSPS) is 19.4. The Morgan fingerprint density at radius 2 is 1.88 bits per heavy atom. The van der Waals surface area contributed by atoms with Gasteiger partial charge in [-0.1, -0.05) is 41.6 Å². The van der Waals surface area contributed by atoms with Crippen LogP contribution in [0.15, 0.2) is 53.7 Å². The molecule has 2 heterocycles. The average molecular weight is 322 g/mol. The molecule has 0 spiro atoms. The standard InChI is InChI=1S/C19H18N2O3/c22-17-8-4-3-7-15(17)16-11-18(24-20-16)19(23)21-10-9-13-5-1-2-6-14(13)12-21/h1-8,18,22H,9-12H2/t18-/m1/s1. The van der Waals surface area contributed by atoms with Crippen LogP contribution in [-0.2, 0) is 22.6 Å². The molecule has 0 saturated heterocycles. The molecule has 2 aliphatic heterocycles. The molecule has 0 bridgehead atoms. The molecule has 5 nitrogen and oxygen atoms in total. The van der Waals surface area contributed by atoms with Crippen LogP contribution in [0.4, 0.5) is 0 Å². The molecule has 122 valence electrons. The zero-order valence-electron chi connectivity index (χ0n) is 13.2. The summed E-state index contributed by atoms with van der Waals surface area (Å²) in [5.74, 6) is 0.110. The first-order valence-corrected chi connectivity index (χ1v) is 8.09. The van der Waals surface area contributed by atoms with Gasteiger partial charge in [-0.15, -0.1) is 0 Å². The maximum atomic E-state index is 12.7. The van der Waals surface area contributed by atoms with Crippen LogP contribution in [0.25, 0.3) is 0 Å². The molecular weight excluding hydrogens is 304 g/mol. The summed E-state index contributed by atoms with van der Waals surface area (Å²) in [6.45, 7) is 1.31. The maximum Gasteiger partial charge on any atom is 0.267 e. The van der Waals surface area contributed by atoms with E-state index in [2.05, 4.69) is 17.3 Å². The van der Waals surface area contributed by atoms with Crippen molar-refractivity contribution in [3.63, 3.8) is 0 Å². The number of phenolic OH excluding ortho intramolecular Hbond substituents is 1. The van der Waals surface area contributed by atoms with E-state index < -0.39 is 6.10 Å². The number of aromatic hydroxyl groups is 1. The molecule has 0 radical (unpaired) electrons. The van der Waals surface area contributed by atoms with Gasteiger partial charge in [0.1, 0.15) is 5.75 Å². The molecule has 24 heavy (non-hydrogen) atoms. The molecule has 1 N–H and O–H groups in total. The van der Waals surface area contributed by atoms with Gasteiger partial charge in [-0.3, -0.25) is 4.79 Å². The summed E-state index contributed by atoms with van der Waals surface area (Å²) in [7, 11) is 0. The van der Waals surface area contributed by atoms with Crippen LogP contribution < -0.4 is 0 Å². The summed E-state index contributed by atoms with van der Waals surface area (Å²) in [4.78, 5) is 19.9. The fourth-order valence-corrected chi connectivity index (χ4v) is 3.27. The van der Waals surface area contributed by atoms with Crippen molar-refractivity contribution in [2.24, 2.45) is 5.16 Å². The van der Waals surface area contributed by atoms with Crippen LogP contribution in [0.5, 0.6) is 5.75 Å². The number of benzene rings is 2. The van der Waals surface area contributed by atoms with Crippen molar-refractivity contribution in [3.8, 4) is 5.75 Å². The first-order valence-electron chi connectivity index (χ1n) is 8.09. The van der Waals surface area contributed by atoms with Crippen molar-refractivity contribution in [2.45, 2.75) is 25.5 Å². The summed E-state index contributed by atoms with van der Waals surface area (Å²) in [6.07, 6.45) is 0.640. The van der Waals surface area contributed by atoms with Gasteiger partial charge < -0.3 is 14.8 Å². The summed E-state index contributed by atoms with van der Waals surface area (Å²) < 4.78 is 0. The van der Waals surface area contributed by atoms with Gasteiger partial charge in [-0.05, 0) is 29.7 Å². The molecule has 2 aromatic rings. The van der Waals surface area contributed by atoms with Crippen LogP contribution >= 0.6 is 0 Å². The Morgan fingerprint density at radius 1 is 1.12 bits per heavy atom. The van der Waals surface area contributed by atoms with E-state index in [9.17, 15) is 9.90 Å². The number of amides is 1. The monoisotopic (exact) mass is 322 g/mol. The Kier molecular flexibility index (Phi) is 3.69. The van der Waals surface area contributed by atoms with Gasteiger partial charge in [0.2, 0.25) is 6.10 Å². The minimum Gasteiger partial charge on any atom is -0.507 e. The SMILES string of the molecule is O=C([C@H]1CC(c2ccccc2O)=NO1)N1CCc2ccccc2C1. The second-order valence-corrected chi connectivity index (χ2v) is 6.13. The molecule has 5 heteroatoms. The number of carbonyl (C=O) groups is 1. The number of nitrogens with zero attached hydrogens (tertiary/aromatic N) is 2. The lowest BCUT2D eigenvalue weighted by Crippen LogP contribution is -2.42. The smallest absolute Gasteiger partial charge is 0.267 e. The van der Waals surface area contributed by atoms with Crippen LogP contribution in [0.3, 0.4) is 0 Å². The first-order chi connectivity index (χ1) is 11.7. The Hall–Kier alpha value is -2.82. The van der Waals surface area contributed by atoms with E-state index in [1.165, 1.54) is 11.1 Å². The van der Waals surface area contributed by atoms with Crippen molar-refractivity contribution in [2.75, 3.05) is 6.54 Å². The van der Waals surface area contributed by atoms with E-state index in [-0.39, 0.29) is 11.7 Å². The van der Waals surface area contributed by atoms with E-state index in [1.807, 2.05) is 23.1 Å². The number of rotatable bonds is 2. The highest BCUT2D eigenvalue weighted by Gasteiger charge is 2.34. The van der Waals surface area contributed by atoms with Crippen LogP contribution in [0, 0.1) is 0 Å². The van der Waals surface area contributed by atoms with Gasteiger partial charge in [0, 0.05) is 25.1 Å². The summed E-state index contributed by atoms with van der Waals surface area (Å²) in [5, 5.41) is 13.9. The van der Waals surface area contributed by atoms with E-state index >= 15 is 0 Å². The maximum absolute atomic E-state index is 12.7. The predicted octanol–water partition coefficient (Wildman–Crippen LogP) is 2.47. The van der Waals surface area contributed by atoms with Gasteiger partial charge in [0.05, 0.1) is 5.71 Å². The molecule has 1 atom stereocenters. The lowest BCUT2D eigenvalue weighted by atomic mass is 9.98. The quantitative estimate of drug-likeness (QED) is 0.924. The summed E-state index contributed by atoms with van der Waals surface area (Å²) >= 11 is 0. The second kappa shape index (κ2) is 6.00. The highest BCUT2D eigenvalue weighted by Crippen LogP contribution is 2.26. The van der Waals surface area contributed by atoms with Gasteiger partial charge >= 0.3 is 0 Å². The van der Waals surface area contributed by atoms with Gasteiger partial charge in [0.25, 0.3) is 5.91 Å². The largest absolute Gasteiger partial charge is 0.507 e. The highest BCUT2D eigenvalue weighted by atomic mass is 16.6. The summed E-state index contributed by atoms with van der Waals surface area (Å²) in [5.41, 5.74) is 3.73. The number of phenols is 1. The van der Waals surface area contributed by atoms with Crippen molar-refractivity contribution < 1.29 is 14.7 Å². The van der Waals surface area contributed by atoms with E-state index in [0.29, 0.717) is 30.8 Å². The molecule has 1 amide bonds. The lowest BCUT2D eigenvalue weighted by Gasteiger charge is -2.30. The third-order valence-corrected chi connectivity index (χ3v) is 4.60. The number of fused-ring (bicyclic) bond motifs is 1. The topological polar surface area (TPSA) is 62.1 Å². The van der Waals surface area contributed by atoms with Crippen molar-refractivity contribution in [1.29, 1.82) is 0 Å². The third-order valence-electron chi connectivity index (χ3n) is 4.60. The zero-order chi connectivity index (χ0) is 16.5. The van der Waals surface area contributed by atoms with E-state index in [0.717, 1.165) is 6.42 Å². The Bertz CT molecular complexity index is 816. The second-order valence-electron chi connectivity index (χ2n) is 6.13. The molecule has 2 aliphatic rings. The third kappa shape index (κ3) is 2.62. The Balaban J connectivity index is 1.45. The van der Waals surface area contributed by atoms with E-state index in [1.54, 1.807) is 18.2 Å². The number of para-hydroxylation sites is 1.